The molecule has 2 heterocycles. The second-order valence-electron chi connectivity index (χ2n) is 7.18. The number of carbonyl (C=O) groups is 3. The van der Waals surface area contributed by atoms with Crippen molar-refractivity contribution in [2.75, 3.05) is 6.54 Å². The lowest BCUT2D eigenvalue weighted by molar-refractivity contribution is -0.142. The number of rotatable bonds is 3. The fourth-order valence-electron chi connectivity index (χ4n) is 3.55. The molecule has 0 radical (unpaired) electrons. The average Bonchev–Trinajstić information content (AvgIpc) is 2.75. The third-order valence-electron chi connectivity index (χ3n) is 5.69. The molecule has 5 nitrogen and oxygen atoms in total. The van der Waals surface area contributed by atoms with Crippen molar-refractivity contribution in [3.05, 3.63) is 35.5 Å². The number of piperidine rings is 1. The maximum absolute atomic E-state index is 12.8. The van der Waals surface area contributed by atoms with Gasteiger partial charge in [0, 0.05) is 24.0 Å². The predicted molar refractivity (Wildman–Crippen MR) is 90.8 cm³/mol. The van der Waals surface area contributed by atoms with Gasteiger partial charge in [-0.05, 0) is 17.9 Å². The number of amides is 3. The third kappa shape index (κ3) is 2.72. The van der Waals surface area contributed by atoms with Gasteiger partial charge in [-0.15, -0.1) is 0 Å². The minimum Gasteiger partial charge on any atom is -0.322 e. The standard InChI is InChI=1S/C19H24N2O3/c1-4-12(2)19(3)9-7-13-11-21(18(24)14(13)8-10-19)15-5-6-16(22)20-17(15)23/h7-10,12,15H,4-6,11H2,1-3H3,(H,20,22,23). The predicted octanol–water partition coefficient (Wildman–Crippen LogP) is 2.11. The van der Waals surface area contributed by atoms with Crippen LogP contribution in [0, 0.1) is 11.3 Å². The van der Waals surface area contributed by atoms with Gasteiger partial charge in [0.05, 0.1) is 0 Å². The first-order valence-electron chi connectivity index (χ1n) is 8.62. The molecular weight excluding hydrogens is 304 g/mol. The minimum absolute atomic E-state index is 0.0706. The molecule has 2 aliphatic heterocycles. The van der Waals surface area contributed by atoms with Crippen LogP contribution >= 0.6 is 0 Å². The van der Waals surface area contributed by atoms with Crippen LogP contribution in [0.15, 0.2) is 35.5 Å². The third-order valence-corrected chi connectivity index (χ3v) is 5.69. The zero-order chi connectivity index (χ0) is 17.5. The molecule has 128 valence electrons. The normalized spacial score (nSPS) is 31.2. The Hall–Kier alpha value is -2.17. The summed E-state index contributed by atoms with van der Waals surface area (Å²) in [4.78, 5) is 37.7. The molecule has 24 heavy (non-hydrogen) atoms. The van der Waals surface area contributed by atoms with Gasteiger partial charge < -0.3 is 4.90 Å². The number of carbonyl (C=O) groups excluding carboxylic acids is 3. The number of nitrogens with one attached hydrogen (secondary N) is 1. The van der Waals surface area contributed by atoms with E-state index in [1.165, 1.54) is 0 Å². The Morgan fingerprint density at radius 3 is 2.67 bits per heavy atom. The number of nitrogens with zero attached hydrogens (tertiary/aromatic N) is 1. The molecule has 1 fully saturated rings. The summed E-state index contributed by atoms with van der Waals surface area (Å²) < 4.78 is 0. The Morgan fingerprint density at radius 1 is 1.29 bits per heavy atom. The molecule has 3 aliphatic rings. The summed E-state index contributed by atoms with van der Waals surface area (Å²) in [5, 5.41) is 2.33. The molecular formula is C19H24N2O3. The summed E-state index contributed by atoms with van der Waals surface area (Å²) in [6, 6.07) is -0.551. The molecule has 0 aromatic heterocycles. The van der Waals surface area contributed by atoms with Crippen molar-refractivity contribution in [3.8, 4) is 0 Å². The monoisotopic (exact) mass is 328 g/mol. The molecule has 5 heteroatoms. The van der Waals surface area contributed by atoms with E-state index in [1.54, 1.807) is 4.90 Å². The minimum atomic E-state index is -0.551. The van der Waals surface area contributed by atoms with Crippen LogP contribution in [0.1, 0.15) is 40.0 Å². The molecule has 0 aromatic rings. The summed E-state index contributed by atoms with van der Waals surface area (Å²) in [5.74, 6) is -0.267. The van der Waals surface area contributed by atoms with E-state index in [9.17, 15) is 14.4 Å². The van der Waals surface area contributed by atoms with Gasteiger partial charge in [0.1, 0.15) is 6.04 Å². The van der Waals surface area contributed by atoms with Crippen LogP contribution in [-0.4, -0.2) is 35.2 Å². The molecule has 3 unspecified atom stereocenters. The van der Waals surface area contributed by atoms with Gasteiger partial charge in [0.25, 0.3) is 5.91 Å². The fraction of sp³-hybridized carbons (Fsp3) is 0.526. The quantitative estimate of drug-likeness (QED) is 0.807. The van der Waals surface area contributed by atoms with Gasteiger partial charge in [-0.25, -0.2) is 0 Å². The number of imide groups is 1. The van der Waals surface area contributed by atoms with E-state index in [1.807, 2.05) is 12.2 Å². The van der Waals surface area contributed by atoms with Crippen LogP contribution in [0.3, 0.4) is 0 Å². The Balaban J connectivity index is 1.81. The highest BCUT2D eigenvalue weighted by molar-refractivity contribution is 6.06. The van der Waals surface area contributed by atoms with E-state index < -0.39 is 6.04 Å². The van der Waals surface area contributed by atoms with Crippen LogP contribution in [-0.2, 0) is 14.4 Å². The number of hydrogen-bond donors (Lipinski definition) is 1. The Kier molecular flexibility index (Phi) is 4.20. The molecule has 0 bridgehead atoms. The van der Waals surface area contributed by atoms with Crippen molar-refractivity contribution >= 4 is 17.7 Å². The zero-order valence-electron chi connectivity index (χ0n) is 14.5. The summed E-state index contributed by atoms with van der Waals surface area (Å²) in [7, 11) is 0. The first-order valence-corrected chi connectivity index (χ1v) is 8.62. The van der Waals surface area contributed by atoms with E-state index in [0.29, 0.717) is 24.5 Å². The lowest BCUT2D eigenvalue weighted by atomic mass is 9.76. The highest BCUT2D eigenvalue weighted by Crippen LogP contribution is 2.38. The van der Waals surface area contributed by atoms with Gasteiger partial charge in [-0.3, -0.25) is 19.7 Å². The Morgan fingerprint density at radius 2 is 2.00 bits per heavy atom. The first kappa shape index (κ1) is 16.7. The molecule has 1 N–H and O–H groups in total. The molecule has 1 aliphatic carbocycles. The smallest absolute Gasteiger partial charge is 0.255 e. The molecule has 0 aromatic carbocycles. The van der Waals surface area contributed by atoms with Crippen molar-refractivity contribution in [2.45, 2.75) is 46.1 Å². The van der Waals surface area contributed by atoms with Gasteiger partial charge in [0.2, 0.25) is 11.8 Å². The largest absolute Gasteiger partial charge is 0.322 e. The maximum Gasteiger partial charge on any atom is 0.255 e. The van der Waals surface area contributed by atoms with Crippen LogP contribution in [0.2, 0.25) is 0 Å². The summed E-state index contributed by atoms with van der Waals surface area (Å²) in [6.07, 6.45) is 9.96. The van der Waals surface area contributed by atoms with E-state index >= 15 is 0 Å². The molecule has 0 saturated carbocycles. The maximum atomic E-state index is 12.8. The summed E-state index contributed by atoms with van der Waals surface area (Å²) in [6.45, 7) is 6.98. The summed E-state index contributed by atoms with van der Waals surface area (Å²) in [5.41, 5.74) is 1.55. The van der Waals surface area contributed by atoms with Crippen molar-refractivity contribution in [1.82, 2.24) is 10.2 Å². The molecule has 1 saturated heterocycles. The second kappa shape index (κ2) is 6.04. The number of allylic oxidation sites excluding steroid dienone is 2. The van der Waals surface area contributed by atoms with E-state index in [2.05, 4.69) is 38.2 Å². The number of hydrogen-bond acceptors (Lipinski definition) is 3. The van der Waals surface area contributed by atoms with E-state index in [4.69, 9.17) is 0 Å². The van der Waals surface area contributed by atoms with Gasteiger partial charge >= 0.3 is 0 Å². The molecule has 0 spiro atoms. The topological polar surface area (TPSA) is 66.5 Å². The van der Waals surface area contributed by atoms with Crippen molar-refractivity contribution in [2.24, 2.45) is 11.3 Å². The SMILES string of the molecule is CCC(C)C1(C)C=CC2=C(C=C1)C(=O)N(C1CCC(=O)NC1=O)C2. The van der Waals surface area contributed by atoms with E-state index in [-0.39, 0.29) is 29.6 Å². The Bertz CT molecular complexity index is 689. The fourth-order valence-corrected chi connectivity index (χ4v) is 3.55. The molecule has 3 rings (SSSR count). The van der Waals surface area contributed by atoms with Crippen LogP contribution in [0.5, 0.6) is 0 Å². The van der Waals surface area contributed by atoms with Gasteiger partial charge in [-0.1, -0.05) is 51.5 Å². The van der Waals surface area contributed by atoms with E-state index in [0.717, 1.165) is 12.0 Å². The van der Waals surface area contributed by atoms with Crippen LogP contribution in [0.25, 0.3) is 0 Å². The van der Waals surface area contributed by atoms with Crippen molar-refractivity contribution in [1.29, 1.82) is 0 Å². The highest BCUT2D eigenvalue weighted by atomic mass is 16.2. The van der Waals surface area contributed by atoms with Crippen LogP contribution < -0.4 is 5.32 Å². The summed E-state index contributed by atoms with van der Waals surface area (Å²) >= 11 is 0. The Labute approximate surface area is 142 Å². The molecule has 3 atom stereocenters. The average molecular weight is 328 g/mol. The van der Waals surface area contributed by atoms with Crippen molar-refractivity contribution < 1.29 is 14.4 Å². The lowest BCUT2D eigenvalue weighted by Crippen LogP contribution is -2.53. The van der Waals surface area contributed by atoms with Crippen molar-refractivity contribution in [3.63, 3.8) is 0 Å². The first-order chi connectivity index (χ1) is 11.4. The lowest BCUT2D eigenvalue weighted by Gasteiger charge is -2.31. The van der Waals surface area contributed by atoms with Crippen LogP contribution in [0.4, 0.5) is 0 Å². The second-order valence-corrected chi connectivity index (χ2v) is 7.18. The molecule has 3 amide bonds. The van der Waals surface area contributed by atoms with Gasteiger partial charge in [-0.2, -0.15) is 0 Å². The highest BCUT2D eigenvalue weighted by Gasteiger charge is 2.40. The van der Waals surface area contributed by atoms with Gasteiger partial charge in [0.15, 0.2) is 0 Å². The zero-order valence-corrected chi connectivity index (χ0v) is 14.5.